The molecule has 2 aliphatic heterocycles. The van der Waals surface area contributed by atoms with Crippen molar-refractivity contribution in [2.24, 2.45) is 20.5 Å². The second-order valence-corrected chi connectivity index (χ2v) is 11.8. The minimum absolute atomic E-state index is 0.0211. The Bertz CT molecular complexity index is 743. The fraction of sp³-hybridized carbons (Fsp3) is 0.935. The van der Waals surface area contributed by atoms with Gasteiger partial charge in [-0.3, -0.25) is 9.59 Å². The lowest BCUT2D eigenvalue weighted by Crippen LogP contribution is -2.22. The van der Waals surface area contributed by atoms with Gasteiger partial charge in [-0.2, -0.15) is 20.5 Å². The molecular weight excluding hydrogens is 492 g/mol. The highest BCUT2D eigenvalue weighted by Gasteiger charge is 2.38. The summed E-state index contributed by atoms with van der Waals surface area (Å²) in [4.78, 5) is 24.1. The number of carbonyl (C=O) groups excluding carboxylic acids is 2. The highest BCUT2D eigenvalue weighted by Crippen LogP contribution is 2.39. The van der Waals surface area contributed by atoms with E-state index in [0.29, 0.717) is 12.8 Å². The van der Waals surface area contributed by atoms with E-state index in [2.05, 4.69) is 34.3 Å². The zero-order chi connectivity index (χ0) is 28.2. The van der Waals surface area contributed by atoms with Gasteiger partial charge >= 0.3 is 11.9 Å². The Kier molecular flexibility index (Phi) is 16.5. The van der Waals surface area contributed by atoms with E-state index in [-0.39, 0.29) is 29.9 Å². The van der Waals surface area contributed by atoms with Crippen molar-refractivity contribution in [3.8, 4) is 0 Å². The van der Waals surface area contributed by atoms with Gasteiger partial charge < -0.3 is 9.47 Å². The predicted octanol–water partition coefficient (Wildman–Crippen LogP) is 9.41. The van der Waals surface area contributed by atoms with Gasteiger partial charge in [0, 0.05) is 12.8 Å². The molecule has 0 saturated carbocycles. The Hall–Kier alpha value is -1.86. The zero-order valence-electron chi connectivity index (χ0n) is 25.3. The third kappa shape index (κ3) is 16.1. The van der Waals surface area contributed by atoms with Gasteiger partial charge in [-0.1, -0.05) is 78.1 Å². The van der Waals surface area contributed by atoms with E-state index in [1.54, 1.807) is 6.92 Å². The minimum atomic E-state index is -0.398. The number of hydrogen-bond donors (Lipinski definition) is 0. The Morgan fingerprint density at radius 1 is 0.564 bits per heavy atom. The summed E-state index contributed by atoms with van der Waals surface area (Å²) in [5, 5.41) is 17.1. The quantitative estimate of drug-likeness (QED) is 0.0753. The summed E-state index contributed by atoms with van der Waals surface area (Å²) in [5.41, 5.74) is -0.0427. The van der Waals surface area contributed by atoms with Crippen LogP contribution in [0.25, 0.3) is 0 Å². The maximum absolute atomic E-state index is 12.1. The van der Waals surface area contributed by atoms with Gasteiger partial charge in [-0.25, -0.2) is 0 Å². The summed E-state index contributed by atoms with van der Waals surface area (Å²) < 4.78 is 10.7. The van der Waals surface area contributed by atoms with E-state index < -0.39 is 6.10 Å². The number of ether oxygens (including phenoxy) is 2. The molecule has 8 heteroatoms. The first-order valence-corrected chi connectivity index (χ1v) is 16.2. The van der Waals surface area contributed by atoms with Crippen LogP contribution < -0.4 is 0 Å². The van der Waals surface area contributed by atoms with Crippen LogP contribution in [0.5, 0.6) is 0 Å². The normalized spacial score (nSPS) is 16.7. The fourth-order valence-electron chi connectivity index (χ4n) is 5.08. The molecule has 0 N–H and O–H groups in total. The Labute approximate surface area is 237 Å². The van der Waals surface area contributed by atoms with Crippen LogP contribution in [0, 0.1) is 0 Å². The summed E-state index contributed by atoms with van der Waals surface area (Å²) in [6.45, 7) is 6.34. The molecule has 0 amide bonds. The molecule has 0 aromatic carbocycles. The minimum Gasteiger partial charge on any atom is -0.462 e. The van der Waals surface area contributed by atoms with Gasteiger partial charge in [0.1, 0.15) is 12.7 Å². The van der Waals surface area contributed by atoms with Crippen molar-refractivity contribution < 1.29 is 19.1 Å². The van der Waals surface area contributed by atoms with Gasteiger partial charge in [0.2, 0.25) is 0 Å². The van der Waals surface area contributed by atoms with Crippen LogP contribution in [0.4, 0.5) is 0 Å². The third-order valence-corrected chi connectivity index (χ3v) is 7.85. The lowest BCUT2D eigenvalue weighted by atomic mass is 9.98. The standard InChI is InChI=1S/C31H56N4O4/c1-4-6-22-30(32-33-30)24-18-14-10-8-12-16-20-28(36)38-26-27(3)39-29(37)21-17-13-9-11-15-19-25-31(34-35-31)23-7-5-2/h27H,4-26H2,1-3H3. The van der Waals surface area contributed by atoms with Crippen molar-refractivity contribution in [2.75, 3.05) is 6.61 Å². The molecule has 0 fully saturated rings. The molecule has 224 valence electrons. The Balaban J connectivity index is 1.32. The maximum Gasteiger partial charge on any atom is 0.306 e. The van der Waals surface area contributed by atoms with Crippen LogP contribution >= 0.6 is 0 Å². The second kappa shape index (κ2) is 19.3. The van der Waals surface area contributed by atoms with Crippen LogP contribution in [0.3, 0.4) is 0 Å². The van der Waals surface area contributed by atoms with Crippen molar-refractivity contribution in [3.63, 3.8) is 0 Å². The molecule has 0 spiro atoms. The van der Waals surface area contributed by atoms with Crippen LogP contribution in [-0.4, -0.2) is 36.0 Å². The van der Waals surface area contributed by atoms with E-state index >= 15 is 0 Å². The van der Waals surface area contributed by atoms with Gasteiger partial charge in [-0.05, 0) is 71.1 Å². The number of carbonyl (C=O) groups is 2. The Morgan fingerprint density at radius 3 is 1.38 bits per heavy atom. The topological polar surface area (TPSA) is 102 Å². The number of nitrogens with zero attached hydrogens (tertiary/aromatic N) is 4. The molecule has 0 saturated heterocycles. The SMILES string of the molecule is CCCCC1(CCCCCCCCC(=O)OCC(C)OC(=O)CCCCCCCCC2(CCCC)N=N2)N=N1. The second-order valence-electron chi connectivity index (χ2n) is 11.8. The monoisotopic (exact) mass is 548 g/mol. The van der Waals surface area contributed by atoms with Gasteiger partial charge in [-0.15, -0.1) is 0 Å². The first-order valence-electron chi connectivity index (χ1n) is 16.2. The highest BCUT2D eigenvalue weighted by atomic mass is 16.6. The van der Waals surface area contributed by atoms with Crippen molar-refractivity contribution in [1.82, 2.24) is 0 Å². The molecule has 2 aliphatic rings. The van der Waals surface area contributed by atoms with Gasteiger partial charge in [0.15, 0.2) is 11.3 Å². The molecule has 1 atom stereocenters. The van der Waals surface area contributed by atoms with E-state index in [4.69, 9.17) is 9.47 Å². The largest absolute Gasteiger partial charge is 0.462 e. The average Bonchev–Trinajstić information content (AvgIpc) is 3.86. The summed E-state index contributed by atoms with van der Waals surface area (Å²) >= 11 is 0. The van der Waals surface area contributed by atoms with Gasteiger partial charge in [0.25, 0.3) is 0 Å². The van der Waals surface area contributed by atoms with E-state index in [0.717, 1.165) is 64.2 Å². The average molecular weight is 549 g/mol. The molecule has 39 heavy (non-hydrogen) atoms. The molecule has 8 nitrogen and oxygen atoms in total. The van der Waals surface area contributed by atoms with E-state index in [1.807, 2.05) is 0 Å². The molecule has 2 rings (SSSR count). The lowest BCUT2D eigenvalue weighted by molar-refractivity contribution is -0.158. The first-order chi connectivity index (χ1) is 18.9. The van der Waals surface area contributed by atoms with E-state index in [9.17, 15) is 9.59 Å². The number of hydrogen-bond acceptors (Lipinski definition) is 8. The first kappa shape index (κ1) is 33.3. The van der Waals surface area contributed by atoms with Crippen molar-refractivity contribution >= 4 is 11.9 Å². The maximum atomic E-state index is 12.1. The van der Waals surface area contributed by atoms with Crippen molar-refractivity contribution in [1.29, 1.82) is 0 Å². The number of rotatable bonds is 27. The van der Waals surface area contributed by atoms with Gasteiger partial charge in [0.05, 0.1) is 0 Å². The Morgan fingerprint density at radius 2 is 0.949 bits per heavy atom. The smallest absolute Gasteiger partial charge is 0.306 e. The molecule has 1 unspecified atom stereocenters. The van der Waals surface area contributed by atoms with Crippen molar-refractivity contribution in [3.05, 3.63) is 0 Å². The molecule has 0 aromatic heterocycles. The molecule has 0 aromatic rings. The summed E-state index contributed by atoms with van der Waals surface area (Å²) in [6.07, 6.45) is 22.9. The highest BCUT2D eigenvalue weighted by molar-refractivity contribution is 5.70. The third-order valence-electron chi connectivity index (χ3n) is 7.85. The van der Waals surface area contributed by atoms with Crippen molar-refractivity contribution in [2.45, 2.75) is 179 Å². The summed E-state index contributed by atoms with van der Waals surface area (Å²) in [7, 11) is 0. The van der Waals surface area contributed by atoms with Crippen LogP contribution in [0.1, 0.15) is 162 Å². The van der Waals surface area contributed by atoms with Crippen LogP contribution in [-0.2, 0) is 19.1 Å². The predicted molar refractivity (Wildman–Crippen MR) is 155 cm³/mol. The summed E-state index contributed by atoms with van der Waals surface area (Å²) in [6, 6.07) is 0. The molecular formula is C31H56N4O4. The fourth-order valence-corrected chi connectivity index (χ4v) is 5.08. The van der Waals surface area contributed by atoms with E-state index in [1.165, 1.54) is 64.2 Å². The molecule has 0 bridgehead atoms. The van der Waals surface area contributed by atoms with Crippen LogP contribution in [0.15, 0.2) is 20.5 Å². The molecule has 2 heterocycles. The zero-order valence-corrected chi connectivity index (χ0v) is 25.3. The number of unbranched alkanes of at least 4 members (excludes halogenated alkanes) is 12. The lowest BCUT2D eigenvalue weighted by Gasteiger charge is -2.13. The summed E-state index contributed by atoms with van der Waals surface area (Å²) in [5.74, 6) is -0.401. The molecule has 0 aliphatic carbocycles. The van der Waals surface area contributed by atoms with Crippen LogP contribution in [0.2, 0.25) is 0 Å². The molecule has 0 radical (unpaired) electrons. The number of esters is 2.